The van der Waals surface area contributed by atoms with Crippen molar-refractivity contribution < 1.29 is 5.11 Å². The van der Waals surface area contributed by atoms with Crippen LogP contribution in [0.5, 0.6) is 0 Å². The molecule has 1 aromatic heterocycles. The lowest BCUT2D eigenvalue weighted by Crippen LogP contribution is -2.06. The molecule has 3 heteroatoms. The Bertz CT molecular complexity index is 492. The molecular formula is C14H17NOS. The largest absolute Gasteiger partial charge is 0.392 e. The summed E-state index contributed by atoms with van der Waals surface area (Å²) < 4.78 is 0. The highest BCUT2D eigenvalue weighted by molar-refractivity contribution is 7.12. The van der Waals surface area contributed by atoms with Gasteiger partial charge in [-0.05, 0) is 32.0 Å². The van der Waals surface area contributed by atoms with E-state index in [1.54, 1.807) is 11.3 Å². The molecule has 2 N–H and O–H groups in total. The van der Waals surface area contributed by atoms with Gasteiger partial charge in [0.05, 0.1) is 12.6 Å². The zero-order valence-electron chi connectivity index (χ0n) is 10.1. The quantitative estimate of drug-likeness (QED) is 0.863. The lowest BCUT2D eigenvalue weighted by atomic mass is 10.1. The molecule has 17 heavy (non-hydrogen) atoms. The maximum Gasteiger partial charge on any atom is 0.0701 e. The van der Waals surface area contributed by atoms with Gasteiger partial charge in [-0.1, -0.05) is 18.2 Å². The summed E-state index contributed by atoms with van der Waals surface area (Å²) in [6.45, 7) is 4.32. The highest BCUT2D eigenvalue weighted by atomic mass is 32.1. The van der Waals surface area contributed by atoms with E-state index in [0.717, 1.165) is 11.3 Å². The van der Waals surface area contributed by atoms with Gasteiger partial charge in [-0.2, -0.15) is 0 Å². The summed E-state index contributed by atoms with van der Waals surface area (Å²) >= 11 is 1.80. The Kier molecular flexibility index (Phi) is 3.82. The van der Waals surface area contributed by atoms with Crippen molar-refractivity contribution in [1.29, 1.82) is 0 Å². The van der Waals surface area contributed by atoms with Crippen molar-refractivity contribution in [2.45, 2.75) is 26.5 Å². The first-order valence-electron chi connectivity index (χ1n) is 5.72. The second-order valence-electron chi connectivity index (χ2n) is 4.13. The van der Waals surface area contributed by atoms with E-state index < -0.39 is 0 Å². The Balaban J connectivity index is 2.15. The van der Waals surface area contributed by atoms with Crippen LogP contribution in [0, 0.1) is 6.92 Å². The van der Waals surface area contributed by atoms with Crippen LogP contribution < -0.4 is 5.32 Å². The SMILES string of the molecule is Cc1ccc(C(C)Nc2ccccc2CO)s1. The monoisotopic (exact) mass is 247 g/mol. The minimum absolute atomic E-state index is 0.0688. The van der Waals surface area contributed by atoms with Gasteiger partial charge in [-0.25, -0.2) is 0 Å². The highest BCUT2D eigenvalue weighted by Crippen LogP contribution is 2.27. The molecule has 2 nitrogen and oxygen atoms in total. The number of para-hydroxylation sites is 1. The molecule has 1 unspecified atom stereocenters. The molecule has 0 aliphatic carbocycles. The van der Waals surface area contributed by atoms with Crippen LogP contribution in [-0.2, 0) is 6.61 Å². The number of anilines is 1. The maximum absolute atomic E-state index is 9.27. The minimum Gasteiger partial charge on any atom is -0.392 e. The summed E-state index contributed by atoms with van der Waals surface area (Å²) in [4.78, 5) is 2.64. The molecule has 0 aliphatic heterocycles. The number of aliphatic hydroxyl groups is 1. The third kappa shape index (κ3) is 2.87. The fraction of sp³-hybridized carbons (Fsp3) is 0.286. The predicted octanol–water partition coefficient (Wildman–Crippen LogP) is 3.72. The summed E-state index contributed by atoms with van der Waals surface area (Å²) in [5.41, 5.74) is 1.95. The van der Waals surface area contributed by atoms with Crippen LogP contribution in [0.25, 0.3) is 0 Å². The zero-order valence-corrected chi connectivity index (χ0v) is 10.9. The molecule has 2 aromatic rings. The van der Waals surface area contributed by atoms with Gasteiger partial charge in [0.2, 0.25) is 0 Å². The van der Waals surface area contributed by atoms with Crippen molar-refractivity contribution in [3.05, 3.63) is 51.7 Å². The number of aryl methyl sites for hydroxylation is 1. The van der Waals surface area contributed by atoms with E-state index in [1.165, 1.54) is 9.75 Å². The number of rotatable bonds is 4. The van der Waals surface area contributed by atoms with Crippen molar-refractivity contribution in [1.82, 2.24) is 0 Å². The molecule has 2 rings (SSSR count). The summed E-state index contributed by atoms with van der Waals surface area (Å²) in [7, 11) is 0. The minimum atomic E-state index is 0.0688. The standard InChI is InChI=1S/C14H17NOS/c1-10-7-8-14(17-10)11(2)15-13-6-4-3-5-12(13)9-16/h3-8,11,15-16H,9H2,1-2H3. The first kappa shape index (κ1) is 12.1. The number of aliphatic hydroxyl groups excluding tert-OH is 1. The Morgan fingerprint density at radius 1 is 1.24 bits per heavy atom. The predicted molar refractivity (Wildman–Crippen MR) is 73.5 cm³/mol. The molecule has 0 spiro atoms. The van der Waals surface area contributed by atoms with E-state index in [1.807, 2.05) is 24.3 Å². The normalized spacial score (nSPS) is 12.4. The molecule has 0 amide bonds. The van der Waals surface area contributed by atoms with Gasteiger partial charge in [0.25, 0.3) is 0 Å². The molecule has 0 radical (unpaired) electrons. The zero-order chi connectivity index (χ0) is 12.3. The van der Waals surface area contributed by atoms with Crippen LogP contribution in [0.15, 0.2) is 36.4 Å². The second-order valence-corrected chi connectivity index (χ2v) is 5.45. The van der Waals surface area contributed by atoms with Crippen molar-refractivity contribution >= 4 is 17.0 Å². The first-order chi connectivity index (χ1) is 8.20. The van der Waals surface area contributed by atoms with Gasteiger partial charge in [-0.3, -0.25) is 0 Å². The number of hydrogen-bond donors (Lipinski definition) is 2. The van der Waals surface area contributed by atoms with Crippen molar-refractivity contribution in [2.24, 2.45) is 0 Å². The molecule has 90 valence electrons. The number of benzene rings is 1. The maximum atomic E-state index is 9.27. The van der Waals surface area contributed by atoms with Crippen LogP contribution in [0.4, 0.5) is 5.69 Å². The molecule has 0 saturated carbocycles. The fourth-order valence-corrected chi connectivity index (χ4v) is 2.67. The van der Waals surface area contributed by atoms with E-state index in [-0.39, 0.29) is 12.6 Å². The summed E-state index contributed by atoms with van der Waals surface area (Å²) in [6.07, 6.45) is 0. The van der Waals surface area contributed by atoms with Crippen LogP contribution in [-0.4, -0.2) is 5.11 Å². The number of hydrogen-bond acceptors (Lipinski definition) is 3. The summed E-state index contributed by atoms with van der Waals surface area (Å²) in [5.74, 6) is 0. The van der Waals surface area contributed by atoms with Crippen molar-refractivity contribution in [3.63, 3.8) is 0 Å². The molecule has 0 bridgehead atoms. The molecule has 0 saturated heterocycles. The average Bonchev–Trinajstić information content (AvgIpc) is 2.77. The smallest absolute Gasteiger partial charge is 0.0701 e. The van der Waals surface area contributed by atoms with E-state index in [4.69, 9.17) is 0 Å². The van der Waals surface area contributed by atoms with Crippen molar-refractivity contribution in [2.75, 3.05) is 5.32 Å². The highest BCUT2D eigenvalue weighted by Gasteiger charge is 2.09. The Morgan fingerprint density at radius 3 is 2.65 bits per heavy atom. The second kappa shape index (κ2) is 5.34. The Hall–Kier alpha value is -1.32. The molecular weight excluding hydrogens is 230 g/mol. The van der Waals surface area contributed by atoms with E-state index in [0.29, 0.717) is 0 Å². The fourth-order valence-electron chi connectivity index (χ4n) is 1.79. The molecule has 1 atom stereocenters. The van der Waals surface area contributed by atoms with Crippen LogP contribution in [0.2, 0.25) is 0 Å². The Labute approximate surface area is 106 Å². The molecule has 1 aromatic carbocycles. The van der Waals surface area contributed by atoms with Crippen LogP contribution in [0.1, 0.15) is 28.3 Å². The summed E-state index contributed by atoms with van der Waals surface area (Å²) in [5, 5.41) is 12.7. The van der Waals surface area contributed by atoms with Gasteiger partial charge in [0, 0.05) is 21.0 Å². The summed E-state index contributed by atoms with van der Waals surface area (Å²) in [6, 6.07) is 12.4. The van der Waals surface area contributed by atoms with Gasteiger partial charge in [-0.15, -0.1) is 11.3 Å². The van der Waals surface area contributed by atoms with E-state index in [2.05, 4.69) is 31.3 Å². The third-order valence-corrected chi connectivity index (χ3v) is 3.93. The lowest BCUT2D eigenvalue weighted by Gasteiger charge is -2.16. The molecule has 1 heterocycles. The number of nitrogens with one attached hydrogen (secondary N) is 1. The average molecular weight is 247 g/mol. The van der Waals surface area contributed by atoms with Gasteiger partial charge in [0.1, 0.15) is 0 Å². The molecule has 0 fully saturated rings. The Morgan fingerprint density at radius 2 is 2.00 bits per heavy atom. The molecule has 0 aliphatic rings. The van der Waals surface area contributed by atoms with Gasteiger partial charge in [0.15, 0.2) is 0 Å². The van der Waals surface area contributed by atoms with E-state index >= 15 is 0 Å². The van der Waals surface area contributed by atoms with Crippen LogP contribution in [0.3, 0.4) is 0 Å². The third-order valence-electron chi connectivity index (χ3n) is 2.75. The van der Waals surface area contributed by atoms with Gasteiger partial charge >= 0.3 is 0 Å². The van der Waals surface area contributed by atoms with Crippen molar-refractivity contribution in [3.8, 4) is 0 Å². The first-order valence-corrected chi connectivity index (χ1v) is 6.54. The van der Waals surface area contributed by atoms with Crippen LogP contribution >= 0.6 is 11.3 Å². The van der Waals surface area contributed by atoms with Gasteiger partial charge < -0.3 is 10.4 Å². The van der Waals surface area contributed by atoms with E-state index in [9.17, 15) is 5.11 Å². The topological polar surface area (TPSA) is 32.3 Å². The lowest BCUT2D eigenvalue weighted by molar-refractivity contribution is 0.282. The number of thiophene rings is 1.